The van der Waals surface area contributed by atoms with Crippen LogP contribution in [0.5, 0.6) is 11.5 Å². The summed E-state index contributed by atoms with van der Waals surface area (Å²) in [7, 11) is 0. The third-order valence-electron chi connectivity index (χ3n) is 5.32. The molecule has 0 saturated heterocycles. The number of nitrogens with one attached hydrogen (secondary N) is 4. The van der Waals surface area contributed by atoms with E-state index in [1.54, 1.807) is 18.5 Å². The number of rotatable bonds is 17. The number of unbranched alkanes of at least 4 members (excludes halogenated alkanes) is 5. The summed E-state index contributed by atoms with van der Waals surface area (Å²) in [5, 5.41) is 30.0. The van der Waals surface area contributed by atoms with E-state index in [-0.39, 0.29) is 24.5 Å². The molecule has 0 aliphatic rings. The topological polar surface area (TPSA) is 175 Å². The number of phenolic OH excluding ortho intramolecular Hbond substituents is 1. The zero-order valence-electron chi connectivity index (χ0n) is 21.0. The summed E-state index contributed by atoms with van der Waals surface area (Å²) in [4.78, 5) is 44.1. The van der Waals surface area contributed by atoms with Gasteiger partial charge in [0.25, 0.3) is 5.91 Å². The number of carboxylic acids is 1. The maximum absolute atomic E-state index is 12.5. The molecule has 37 heavy (non-hydrogen) atoms. The highest BCUT2D eigenvalue weighted by Gasteiger charge is 2.22. The van der Waals surface area contributed by atoms with Crippen molar-refractivity contribution >= 4 is 23.9 Å². The minimum atomic E-state index is -1.33. The summed E-state index contributed by atoms with van der Waals surface area (Å²) in [5.74, 6) is -1.50. The molecule has 0 aliphatic carbocycles. The van der Waals surface area contributed by atoms with Gasteiger partial charge in [0.2, 0.25) is 5.95 Å². The van der Waals surface area contributed by atoms with Gasteiger partial charge in [-0.25, -0.2) is 19.6 Å². The minimum absolute atomic E-state index is 0.0557. The van der Waals surface area contributed by atoms with Crippen molar-refractivity contribution in [1.29, 1.82) is 0 Å². The number of carbonyl (C=O) groups is 3. The first-order chi connectivity index (χ1) is 17.9. The maximum Gasteiger partial charge on any atom is 0.328 e. The fourth-order valence-corrected chi connectivity index (χ4v) is 3.32. The van der Waals surface area contributed by atoms with E-state index in [0.717, 1.165) is 32.1 Å². The predicted molar refractivity (Wildman–Crippen MR) is 138 cm³/mol. The van der Waals surface area contributed by atoms with Crippen LogP contribution < -0.4 is 26.0 Å². The predicted octanol–water partition coefficient (Wildman–Crippen LogP) is 2.52. The number of carboxylic acid groups (broad SMARTS) is 1. The number of aromatic hydroxyl groups is 1. The average molecular weight is 517 g/mol. The van der Waals surface area contributed by atoms with E-state index in [1.165, 1.54) is 24.6 Å². The molecule has 12 nitrogen and oxygen atoms in total. The van der Waals surface area contributed by atoms with Crippen LogP contribution in [0, 0.1) is 0 Å². The highest BCUT2D eigenvalue weighted by atomic mass is 16.5. The zero-order valence-corrected chi connectivity index (χ0v) is 21.0. The standard InChI is InChI=1S/C25H36N6O6/c1-2-3-4-5-6-7-11-29-25(36)31-20(23(34)35)17-30-22(33)19-10-9-18(16-21(19)32)37-15-14-28-24-26-12-8-13-27-24/h8-10,12-13,16,20,32H,2-7,11,14-15,17H2,1H3,(H,30,33)(H,34,35)(H,26,27,28)(H2,29,31,36)/t20-/m0/s1. The SMILES string of the molecule is CCCCCCCCNC(=O)N[C@@H](CNC(=O)c1ccc(OCCNc2ncccn2)cc1O)C(=O)O. The van der Waals surface area contributed by atoms with Gasteiger partial charge in [0, 0.05) is 31.5 Å². The third kappa shape index (κ3) is 11.5. The lowest BCUT2D eigenvalue weighted by molar-refractivity contribution is -0.139. The molecule has 1 aromatic carbocycles. The van der Waals surface area contributed by atoms with Crippen LogP contribution >= 0.6 is 0 Å². The van der Waals surface area contributed by atoms with Crippen molar-refractivity contribution in [3.05, 3.63) is 42.2 Å². The number of ether oxygens (including phenoxy) is 1. The molecule has 12 heteroatoms. The van der Waals surface area contributed by atoms with Gasteiger partial charge in [-0.05, 0) is 24.6 Å². The van der Waals surface area contributed by atoms with Crippen LogP contribution in [0.4, 0.5) is 10.7 Å². The minimum Gasteiger partial charge on any atom is -0.507 e. The zero-order chi connectivity index (χ0) is 26.9. The number of hydrogen-bond donors (Lipinski definition) is 6. The van der Waals surface area contributed by atoms with Crippen molar-refractivity contribution in [2.75, 3.05) is 31.6 Å². The van der Waals surface area contributed by atoms with Gasteiger partial charge in [0.1, 0.15) is 24.1 Å². The van der Waals surface area contributed by atoms with E-state index in [4.69, 9.17) is 4.74 Å². The fourth-order valence-electron chi connectivity index (χ4n) is 3.32. The Morgan fingerprint density at radius 3 is 2.43 bits per heavy atom. The molecule has 0 fully saturated rings. The van der Waals surface area contributed by atoms with Gasteiger partial charge >= 0.3 is 12.0 Å². The monoisotopic (exact) mass is 516 g/mol. The summed E-state index contributed by atoms with van der Waals surface area (Å²) in [6, 6.07) is 3.92. The molecule has 0 spiro atoms. The summed E-state index contributed by atoms with van der Waals surface area (Å²) in [5.41, 5.74) is -0.0557. The second-order valence-electron chi connectivity index (χ2n) is 8.30. The van der Waals surface area contributed by atoms with Crippen LogP contribution in [0.1, 0.15) is 55.8 Å². The summed E-state index contributed by atoms with van der Waals surface area (Å²) in [6.07, 6.45) is 9.64. The number of phenols is 1. The van der Waals surface area contributed by atoms with Crippen molar-refractivity contribution in [1.82, 2.24) is 25.9 Å². The molecule has 3 amide bonds. The number of amides is 3. The molecular weight excluding hydrogens is 480 g/mol. The Kier molecular flexibility index (Phi) is 13.0. The first kappa shape index (κ1) is 29.1. The van der Waals surface area contributed by atoms with Gasteiger partial charge in [-0.15, -0.1) is 0 Å². The molecule has 2 aromatic rings. The summed E-state index contributed by atoms with van der Waals surface area (Å²) < 4.78 is 5.54. The molecule has 1 heterocycles. The number of urea groups is 1. The molecule has 1 atom stereocenters. The number of carbonyl (C=O) groups excluding carboxylic acids is 2. The Morgan fingerprint density at radius 1 is 1.00 bits per heavy atom. The second-order valence-corrected chi connectivity index (χ2v) is 8.30. The van der Waals surface area contributed by atoms with Gasteiger partial charge in [-0.1, -0.05) is 39.0 Å². The molecule has 1 aromatic heterocycles. The van der Waals surface area contributed by atoms with E-state index in [9.17, 15) is 24.6 Å². The number of aromatic nitrogens is 2. The van der Waals surface area contributed by atoms with Crippen molar-refractivity contribution in [3.8, 4) is 11.5 Å². The molecule has 202 valence electrons. The second kappa shape index (κ2) is 16.6. The molecule has 0 unspecified atom stereocenters. The number of aliphatic carboxylic acids is 1. The van der Waals surface area contributed by atoms with Crippen molar-refractivity contribution in [2.24, 2.45) is 0 Å². The molecule has 2 rings (SSSR count). The van der Waals surface area contributed by atoms with E-state index >= 15 is 0 Å². The van der Waals surface area contributed by atoms with E-state index in [2.05, 4.69) is 38.2 Å². The number of hydrogen-bond acceptors (Lipinski definition) is 8. The average Bonchev–Trinajstić information content (AvgIpc) is 2.89. The van der Waals surface area contributed by atoms with Gasteiger partial charge in [-0.2, -0.15) is 0 Å². The van der Waals surface area contributed by atoms with Crippen LogP contribution in [0.3, 0.4) is 0 Å². The van der Waals surface area contributed by atoms with Crippen molar-refractivity contribution in [3.63, 3.8) is 0 Å². The molecule has 0 aliphatic heterocycles. The lowest BCUT2D eigenvalue weighted by Gasteiger charge is -2.16. The van der Waals surface area contributed by atoms with Gasteiger partial charge < -0.3 is 36.2 Å². The molecule has 0 saturated carbocycles. The smallest absolute Gasteiger partial charge is 0.328 e. The van der Waals surface area contributed by atoms with Crippen LogP contribution in [0.25, 0.3) is 0 Å². The van der Waals surface area contributed by atoms with Crippen molar-refractivity contribution < 1.29 is 29.3 Å². The molecule has 0 radical (unpaired) electrons. The third-order valence-corrected chi connectivity index (χ3v) is 5.32. The lowest BCUT2D eigenvalue weighted by Crippen LogP contribution is -2.51. The first-order valence-corrected chi connectivity index (χ1v) is 12.4. The fraction of sp³-hybridized carbons (Fsp3) is 0.480. The Labute approximate surface area is 216 Å². The summed E-state index contributed by atoms with van der Waals surface area (Å²) >= 11 is 0. The number of benzene rings is 1. The van der Waals surface area contributed by atoms with Crippen LogP contribution in [-0.4, -0.2) is 70.4 Å². The molecule has 6 N–H and O–H groups in total. The van der Waals surface area contributed by atoms with E-state index < -0.39 is 23.9 Å². The number of nitrogens with zero attached hydrogens (tertiary/aromatic N) is 2. The van der Waals surface area contributed by atoms with Crippen molar-refractivity contribution in [2.45, 2.75) is 51.5 Å². The Hall–Kier alpha value is -4.09. The molecule has 0 bridgehead atoms. The normalized spacial score (nSPS) is 11.3. The van der Waals surface area contributed by atoms with E-state index in [1.807, 2.05) is 0 Å². The van der Waals surface area contributed by atoms with Gasteiger partial charge in [0.15, 0.2) is 0 Å². The summed E-state index contributed by atoms with van der Waals surface area (Å²) in [6.45, 7) is 2.91. The Morgan fingerprint density at radius 2 is 1.73 bits per heavy atom. The van der Waals surface area contributed by atoms with Crippen LogP contribution in [-0.2, 0) is 4.79 Å². The quantitative estimate of drug-likeness (QED) is 0.173. The highest BCUT2D eigenvalue weighted by molar-refractivity contribution is 5.97. The highest BCUT2D eigenvalue weighted by Crippen LogP contribution is 2.23. The maximum atomic E-state index is 12.5. The Balaban J connectivity index is 1.73. The Bertz CT molecular complexity index is 991. The number of anilines is 1. The van der Waals surface area contributed by atoms with E-state index in [0.29, 0.717) is 24.8 Å². The van der Waals surface area contributed by atoms with Gasteiger partial charge in [-0.3, -0.25) is 4.79 Å². The van der Waals surface area contributed by atoms with Gasteiger partial charge in [0.05, 0.1) is 12.1 Å². The molecular formula is C25H36N6O6. The first-order valence-electron chi connectivity index (χ1n) is 12.4. The lowest BCUT2D eigenvalue weighted by atomic mass is 10.1. The largest absolute Gasteiger partial charge is 0.507 e. The van der Waals surface area contributed by atoms with Crippen LogP contribution in [0.2, 0.25) is 0 Å². The van der Waals surface area contributed by atoms with Crippen LogP contribution in [0.15, 0.2) is 36.7 Å².